The number of rotatable bonds is 6. The fraction of sp³-hybridized carbons (Fsp3) is 0.316. The van der Waals surface area contributed by atoms with E-state index in [2.05, 4.69) is 20.1 Å². The maximum atomic E-state index is 13.3. The first-order chi connectivity index (χ1) is 12.4. The lowest BCUT2D eigenvalue weighted by molar-refractivity contribution is 0.103. The molecule has 2 rings (SSSR count). The number of carbonyl (C=O) groups excluding carboxylic acids is 1. The minimum absolute atomic E-state index is 0.113. The van der Waals surface area contributed by atoms with Crippen LogP contribution in [0.15, 0.2) is 34.5 Å². The summed E-state index contributed by atoms with van der Waals surface area (Å²) in [6, 6.07) is 7.30. The van der Waals surface area contributed by atoms with Crippen molar-refractivity contribution < 1.29 is 4.79 Å². The molecule has 0 aliphatic carbocycles. The molecule has 7 heteroatoms. The van der Waals surface area contributed by atoms with Crippen LogP contribution in [0.5, 0.6) is 0 Å². The fourth-order valence-electron chi connectivity index (χ4n) is 2.93. The van der Waals surface area contributed by atoms with E-state index in [0.717, 1.165) is 33.4 Å². The topological polar surface area (TPSA) is 115 Å². The van der Waals surface area contributed by atoms with E-state index in [-0.39, 0.29) is 18.9 Å². The van der Waals surface area contributed by atoms with Crippen LogP contribution < -0.4 is 0 Å². The molecule has 0 bridgehead atoms. The largest absolute Gasteiger partial charge is 0.289 e. The number of ketones is 1. The highest BCUT2D eigenvalue weighted by Gasteiger charge is 2.20. The highest BCUT2D eigenvalue weighted by molar-refractivity contribution is 6.11. The van der Waals surface area contributed by atoms with Gasteiger partial charge in [-0.2, -0.15) is 0 Å². The maximum absolute atomic E-state index is 13.3. The van der Waals surface area contributed by atoms with E-state index in [4.69, 9.17) is 11.1 Å². The van der Waals surface area contributed by atoms with Crippen molar-refractivity contribution in [3.63, 3.8) is 0 Å². The van der Waals surface area contributed by atoms with Crippen molar-refractivity contribution in [3.8, 4) is 0 Å². The average Bonchev–Trinajstić information content (AvgIpc) is 2.63. The van der Waals surface area contributed by atoms with Gasteiger partial charge in [0.15, 0.2) is 5.78 Å². The van der Waals surface area contributed by atoms with Gasteiger partial charge in [-0.1, -0.05) is 34.5 Å². The van der Waals surface area contributed by atoms with Crippen molar-refractivity contribution in [2.45, 2.75) is 40.8 Å². The molecule has 0 heterocycles. The summed E-state index contributed by atoms with van der Waals surface area (Å²) in [6.07, 6.45) is 0. The van der Waals surface area contributed by atoms with Crippen LogP contribution in [0, 0.1) is 27.7 Å². The molecule has 132 valence electrons. The van der Waals surface area contributed by atoms with E-state index in [1.807, 2.05) is 39.8 Å². The molecule has 0 fully saturated rings. The molecule has 2 aromatic carbocycles. The third-order valence-corrected chi connectivity index (χ3v) is 4.81. The van der Waals surface area contributed by atoms with Crippen LogP contribution in [0.3, 0.4) is 0 Å². The summed E-state index contributed by atoms with van der Waals surface area (Å²) in [4.78, 5) is 18.9. The monoisotopic (exact) mass is 348 g/mol. The summed E-state index contributed by atoms with van der Waals surface area (Å²) in [6.45, 7) is 7.95. The molecule has 0 saturated carbocycles. The van der Waals surface area contributed by atoms with Gasteiger partial charge < -0.3 is 0 Å². The zero-order valence-electron chi connectivity index (χ0n) is 15.3. The van der Waals surface area contributed by atoms with E-state index in [1.165, 1.54) is 0 Å². The molecule has 2 aromatic rings. The van der Waals surface area contributed by atoms with Gasteiger partial charge in [0.1, 0.15) is 0 Å². The van der Waals surface area contributed by atoms with E-state index in [1.54, 1.807) is 12.1 Å². The fourth-order valence-corrected chi connectivity index (χ4v) is 2.93. The minimum atomic E-state index is -0.164. The standard InChI is InChI=1S/C19H20N6O/c1-11-5-7-15(17(13(11)3)9-22-24-20)19(26)16-8-6-12(2)14(4)18(16)10-23-25-21/h5-8H,9-10H2,1-4H3. The smallest absolute Gasteiger partial charge is 0.193 e. The first kappa shape index (κ1) is 19.1. The van der Waals surface area contributed by atoms with Crippen LogP contribution >= 0.6 is 0 Å². The van der Waals surface area contributed by atoms with Crippen molar-refractivity contribution >= 4 is 5.78 Å². The number of azide groups is 2. The molecule has 0 atom stereocenters. The van der Waals surface area contributed by atoms with Gasteiger partial charge in [-0.15, -0.1) is 0 Å². The van der Waals surface area contributed by atoms with E-state index < -0.39 is 0 Å². The molecule has 0 spiro atoms. The minimum Gasteiger partial charge on any atom is -0.289 e. The molecule has 0 saturated heterocycles. The Kier molecular flexibility index (Phi) is 6.02. The first-order valence-corrected chi connectivity index (χ1v) is 8.17. The van der Waals surface area contributed by atoms with Gasteiger partial charge in [0.05, 0.1) is 13.1 Å². The molecule has 0 amide bonds. The molecular weight excluding hydrogens is 328 g/mol. The summed E-state index contributed by atoms with van der Waals surface area (Å²) in [7, 11) is 0. The number of benzene rings is 2. The van der Waals surface area contributed by atoms with Crippen molar-refractivity contribution in [1.82, 2.24) is 0 Å². The molecule has 0 aromatic heterocycles. The first-order valence-electron chi connectivity index (χ1n) is 8.17. The summed E-state index contributed by atoms with van der Waals surface area (Å²) < 4.78 is 0. The van der Waals surface area contributed by atoms with Gasteiger partial charge in [-0.05, 0) is 72.1 Å². The van der Waals surface area contributed by atoms with Crippen molar-refractivity contribution in [2.75, 3.05) is 0 Å². The van der Waals surface area contributed by atoms with Crippen molar-refractivity contribution in [2.24, 2.45) is 10.2 Å². The SMILES string of the molecule is Cc1ccc(C(=O)c2ccc(C)c(C)c2CN=[N+]=[N-])c(CN=[N+]=[N-])c1C. The molecule has 0 unspecified atom stereocenters. The molecule has 0 N–H and O–H groups in total. The quantitative estimate of drug-likeness (QED) is 0.280. The number of carbonyl (C=O) groups is 1. The average molecular weight is 348 g/mol. The number of hydrogen-bond acceptors (Lipinski definition) is 3. The lowest BCUT2D eigenvalue weighted by Crippen LogP contribution is -2.11. The molecule has 7 nitrogen and oxygen atoms in total. The van der Waals surface area contributed by atoms with Gasteiger partial charge >= 0.3 is 0 Å². The Morgan fingerprint density at radius 3 is 1.54 bits per heavy atom. The van der Waals surface area contributed by atoms with Crippen molar-refractivity contribution in [1.29, 1.82) is 0 Å². The molecule has 0 aliphatic rings. The Morgan fingerprint density at radius 2 is 1.19 bits per heavy atom. The van der Waals surface area contributed by atoms with E-state index >= 15 is 0 Å². The third kappa shape index (κ3) is 3.70. The number of hydrogen-bond donors (Lipinski definition) is 0. The number of aryl methyl sites for hydroxylation is 2. The lowest BCUT2D eigenvalue weighted by atomic mass is 9.88. The van der Waals surface area contributed by atoms with Crippen LogP contribution in [0.4, 0.5) is 0 Å². The van der Waals surface area contributed by atoms with Gasteiger partial charge in [0.25, 0.3) is 0 Å². The van der Waals surface area contributed by atoms with Crippen molar-refractivity contribution in [3.05, 3.63) is 89.7 Å². The Bertz CT molecular complexity index is 889. The zero-order valence-corrected chi connectivity index (χ0v) is 15.3. The second-order valence-corrected chi connectivity index (χ2v) is 6.17. The highest BCUT2D eigenvalue weighted by atomic mass is 16.1. The number of nitrogens with zero attached hydrogens (tertiary/aromatic N) is 6. The second kappa shape index (κ2) is 8.21. The normalized spacial score (nSPS) is 10.0. The predicted octanol–water partition coefficient (Wildman–Crippen LogP) is 5.77. The molecule has 26 heavy (non-hydrogen) atoms. The second-order valence-electron chi connectivity index (χ2n) is 6.17. The van der Waals surface area contributed by atoms with E-state index in [9.17, 15) is 4.79 Å². The summed E-state index contributed by atoms with van der Waals surface area (Å²) >= 11 is 0. The van der Waals surface area contributed by atoms with Crippen LogP contribution in [0.25, 0.3) is 20.9 Å². The highest BCUT2D eigenvalue weighted by Crippen LogP contribution is 2.26. The summed E-state index contributed by atoms with van der Waals surface area (Å²) in [5.41, 5.74) is 23.7. The Labute approximate surface area is 151 Å². The molecule has 0 radical (unpaired) electrons. The lowest BCUT2D eigenvalue weighted by Gasteiger charge is -2.16. The van der Waals surface area contributed by atoms with Crippen LogP contribution in [0.2, 0.25) is 0 Å². The van der Waals surface area contributed by atoms with Gasteiger partial charge in [0.2, 0.25) is 0 Å². The zero-order chi connectivity index (χ0) is 19.3. The Morgan fingerprint density at radius 1 is 0.808 bits per heavy atom. The summed E-state index contributed by atoms with van der Waals surface area (Å²) in [5, 5.41) is 7.29. The molecular formula is C19H20N6O. The van der Waals surface area contributed by atoms with Gasteiger partial charge in [-0.3, -0.25) is 4.79 Å². The Hall–Kier alpha value is -3.27. The van der Waals surface area contributed by atoms with Crippen LogP contribution in [-0.2, 0) is 13.1 Å². The molecule has 0 aliphatic heterocycles. The van der Waals surface area contributed by atoms with Gasteiger partial charge in [-0.25, -0.2) is 0 Å². The summed E-state index contributed by atoms with van der Waals surface area (Å²) in [5.74, 6) is -0.164. The third-order valence-electron chi connectivity index (χ3n) is 4.81. The Balaban J connectivity index is 2.67. The predicted molar refractivity (Wildman–Crippen MR) is 101 cm³/mol. The maximum Gasteiger partial charge on any atom is 0.193 e. The van der Waals surface area contributed by atoms with Gasteiger partial charge in [0, 0.05) is 21.0 Å². The van der Waals surface area contributed by atoms with E-state index in [0.29, 0.717) is 11.1 Å². The van der Waals surface area contributed by atoms with Crippen LogP contribution in [-0.4, -0.2) is 5.78 Å². The van der Waals surface area contributed by atoms with Crippen LogP contribution in [0.1, 0.15) is 49.3 Å².